The Bertz CT molecular complexity index is 669. The molecule has 1 atom stereocenters. The first-order chi connectivity index (χ1) is 10.7. The molecule has 6 nitrogen and oxygen atoms in total. The number of alkyl halides is 3. The number of halogens is 3. The van der Waals surface area contributed by atoms with Crippen molar-refractivity contribution in [2.24, 2.45) is 0 Å². The van der Waals surface area contributed by atoms with E-state index in [1.807, 2.05) is 0 Å². The summed E-state index contributed by atoms with van der Waals surface area (Å²) in [5.41, 5.74) is -2.68. The van der Waals surface area contributed by atoms with Crippen LogP contribution >= 0.6 is 0 Å². The summed E-state index contributed by atoms with van der Waals surface area (Å²) in [7, 11) is 0. The number of rotatable bonds is 3. The minimum atomic E-state index is -4.81. The van der Waals surface area contributed by atoms with Crippen LogP contribution in [0.4, 0.5) is 13.2 Å². The zero-order valence-electron chi connectivity index (χ0n) is 12.0. The summed E-state index contributed by atoms with van der Waals surface area (Å²) in [6.07, 6.45) is -2.16. The van der Waals surface area contributed by atoms with Crippen molar-refractivity contribution in [3.8, 4) is 0 Å². The van der Waals surface area contributed by atoms with Gasteiger partial charge in [0.15, 0.2) is 0 Å². The highest BCUT2D eigenvalue weighted by atomic mass is 19.4. The molecule has 0 saturated carbocycles. The number of hydrogen-bond donors (Lipinski definition) is 1. The van der Waals surface area contributed by atoms with Crippen LogP contribution in [0.15, 0.2) is 23.1 Å². The molecule has 2 heterocycles. The van der Waals surface area contributed by atoms with E-state index in [-0.39, 0.29) is 6.54 Å². The van der Waals surface area contributed by atoms with Crippen LogP contribution in [0.2, 0.25) is 0 Å². The highest BCUT2D eigenvalue weighted by molar-refractivity contribution is 5.83. The Morgan fingerprint density at radius 2 is 2.00 bits per heavy atom. The molecule has 0 radical (unpaired) electrons. The van der Waals surface area contributed by atoms with Gasteiger partial charge in [0.1, 0.15) is 18.2 Å². The van der Waals surface area contributed by atoms with E-state index in [2.05, 4.69) is 0 Å². The number of carboxylic acid groups (broad SMARTS) is 1. The van der Waals surface area contributed by atoms with E-state index in [1.165, 1.54) is 0 Å². The Hall–Kier alpha value is -2.32. The molecule has 1 unspecified atom stereocenters. The first-order valence-corrected chi connectivity index (χ1v) is 7.00. The van der Waals surface area contributed by atoms with Crippen LogP contribution < -0.4 is 5.56 Å². The fourth-order valence-electron chi connectivity index (χ4n) is 2.60. The van der Waals surface area contributed by atoms with E-state index >= 15 is 0 Å². The fraction of sp³-hybridized carbons (Fsp3) is 0.500. The molecular weight excluding hydrogens is 317 g/mol. The molecule has 2 rings (SSSR count). The molecule has 9 heteroatoms. The molecule has 0 aromatic carbocycles. The summed E-state index contributed by atoms with van der Waals surface area (Å²) in [4.78, 5) is 36.3. The van der Waals surface area contributed by atoms with Crippen molar-refractivity contribution in [3.63, 3.8) is 0 Å². The fourth-order valence-corrected chi connectivity index (χ4v) is 2.60. The topological polar surface area (TPSA) is 79.6 Å². The van der Waals surface area contributed by atoms with Crippen molar-refractivity contribution >= 4 is 11.9 Å². The van der Waals surface area contributed by atoms with Crippen LogP contribution in [0.3, 0.4) is 0 Å². The number of likely N-dealkylation sites (tertiary alicyclic amines) is 1. The Balaban J connectivity index is 2.23. The van der Waals surface area contributed by atoms with E-state index in [9.17, 15) is 27.6 Å². The zero-order chi connectivity index (χ0) is 17.2. The summed E-state index contributed by atoms with van der Waals surface area (Å²) in [5, 5.41) is 9.12. The van der Waals surface area contributed by atoms with Crippen LogP contribution in [0.1, 0.15) is 24.8 Å². The summed E-state index contributed by atoms with van der Waals surface area (Å²) in [5.74, 6) is -1.84. The molecular formula is C14H15F3N2O4. The minimum Gasteiger partial charge on any atom is -0.480 e. The average Bonchev–Trinajstić information content (AvgIpc) is 2.48. The third-order valence-corrected chi connectivity index (χ3v) is 3.74. The number of aliphatic carboxylic acids is 1. The highest BCUT2D eigenvalue weighted by Crippen LogP contribution is 2.26. The normalized spacial score (nSPS) is 18.7. The van der Waals surface area contributed by atoms with Gasteiger partial charge >= 0.3 is 12.1 Å². The summed E-state index contributed by atoms with van der Waals surface area (Å²) in [6, 6.07) is 0.671. The van der Waals surface area contributed by atoms with Gasteiger partial charge in [-0.25, -0.2) is 4.79 Å². The van der Waals surface area contributed by atoms with Gasteiger partial charge in [-0.15, -0.1) is 0 Å². The summed E-state index contributed by atoms with van der Waals surface area (Å²) < 4.78 is 38.8. The number of amides is 1. The number of nitrogens with zero attached hydrogens (tertiary/aromatic N) is 2. The maximum absolute atomic E-state index is 12.7. The van der Waals surface area contributed by atoms with Crippen LogP contribution in [-0.4, -0.2) is 39.0 Å². The number of piperidine rings is 1. The molecule has 1 N–H and O–H groups in total. The van der Waals surface area contributed by atoms with Gasteiger partial charge in [0.2, 0.25) is 5.91 Å². The molecule has 0 spiro atoms. The van der Waals surface area contributed by atoms with Gasteiger partial charge in [-0.05, 0) is 31.4 Å². The SMILES string of the molecule is O=C(O)C1CCCCN1C(=O)Cn1cccc(C(F)(F)F)c1=O. The van der Waals surface area contributed by atoms with Gasteiger partial charge in [0.05, 0.1) is 0 Å². The second kappa shape index (κ2) is 6.43. The van der Waals surface area contributed by atoms with Crippen molar-refractivity contribution in [1.82, 2.24) is 9.47 Å². The van der Waals surface area contributed by atoms with Gasteiger partial charge in [-0.2, -0.15) is 13.2 Å². The lowest BCUT2D eigenvalue weighted by Gasteiger charge is -2.33. The van der Waals surface area contributed by atoms with Gasteiger partial charge in [-0.1, -0.05) is 0 Å². The van der Waals surface area contributed by atoms with Crippen LogP contribution in [-0.2, 0) is 22.3 Å². The van der Waals surface area contributed by atoms with Crippen molar-refractivity contribution in [1.29, 1.82) is 0 Å². The molecule has 1 aliphatic heterocycles. The number of carbonyl (C=O) groups is 2. The lowest BCUT2D eigenvalue weighted by molar-refractivity contribution is -0.152. The number of pyridine rings is 1. The lowest BCUT2D eigenvalue weighted by Crippen LogP contribution is -2.49. The Kier molecular flexibility index (Phi) is 4.76. The molecule has 23 heavy (non-hydrogen) atoms. The van der Waals surface area contributed by atoms with E-state index in [4.69, 9.17) is 5.11 Å². The van der Waals surface area contributed by atoms with Gasteiger partial charge in [0.25, 0.3) is 5.56 Å². The molecule has 126 valence electrons. The molecule has 0 aliphatic carbocycles. The van der Waals surface area contributed by atoms with Crippen molar-refractivity contribution in [3.05, 3.63) is 34.2 Å². The zero-order valence-corrected chi connectivity index (χ0v) is 12.0. The lowest BCUT2D eigenvalue weighted by atomic mass is 10.0. The predicted octanol–water partition coefficient (Wildman–Crippen LogP) is 1.33. The van der Waals surface area contributed by atoms with Crippen LogP contribution in [0, 0.1) is 0 Å². The Morgan fingerprint density at radius 3 is 2.61 bits per heavy atom. The van der Waals surface area contributed by atoms with Gasteiger partial charge in [-0.3, -0.25) is 9.59 Å². The predicted molar refractivity (Wildman–Crippen MR) is 72.7 cm³/mol. The van der Waals surface area contributed by atoms with E-state index < -0.39 is 41.8 Å². The quantitative estimate of drug-likeness (QED) is 0.906. The third kappa shape index (κ3) is 3.72. The first kappa shape index (κ1) is 17.0. The maximum Gasteiger partial charge on any atom is 0.421 e. The Labute approximate surface area is 129 Å². The number of carbonyl (C=O) groups excluding carboxylic acids is 1. The van der Waals surface area contributed by atoms with E-state index in [0.717, 1.165) is 17.2 Å². The third-order valence-electron chi connectivity index (χ3n) is 3.74. The van der Waals surface area contributed by atoms with Crippen molar-refractivity contribution in [2.75, 3.05) is 6.54 Å². The molecule has 1 fully saturated rings. The molecule has 1 amide bonds. The smallest absolute Gasteiger partial charge is 0.421 e. The second-order valence-electron chi connectivity index (χ2n) is 5.29. The van der Waals surface area contributed by atoms with Crippen LogP contribution in [0.25, 0.3) is 0 Å². The van der Waals surface area contributed by atoms with Crippen molar-refractivity contribution < 1.29 is 27.9 Å². The summed E-state index contributed by atoms with van der Waals surface area (Å²) >= 11 is 0. The maximum atomic E-state index is 12.7. The second-order valence-corrected chi connectivity index (χ2v) is 5.29. The molecule has 1 aromatic rings. The molecule has 1 saturated heterocycles. The van der Waals surface area contributed by atoms with Crippen molar-refractivity contribution in [2.45, 2.75) is 38.0 Å². The average molecular weight is 332 g/mol. The Morgan fingerprint density at radius 1 is 1.30 bits per heavy atom. The minimum absolute atomic E-state index is 0.212. The van der Waals surface area contributed by atoms with E-state index in [1.54, 1.807) is 0 Å². The number of hydrogen-bond acceptors (Lipinski definition) is 3. The number of aromatic nitrogens is 1. The first-order valence-electron chi connectivity index (χ1n) is 7.00. The largest absolute Gasteiger partial charge is 0.480 e. The van der Waals surface area contributed by atoms with Crippen LogP contribution in [0.5, 0.6) is 0 Å². The molecule has 1 aliphatic rings. The highest BCUT2D eigenvalue weighted by Gasteiger charge is 2.35. The molecule has 0 bridgehead atoms. The molecule has 1 aromatic heterocycles. The standard InChI is InChI=1S/C14H15F3N2O4/c15-14(16,17)9-4-3-6-18(12(9)21)8-11(20)19-7-2-1-5-10(19)13(22)23/h3-4,6,10H,1-2,5,7-8H2,(H,22,23). The van der Waals surface area contributed by atoms with E-state index in [0.29, 0.717) is 29.9 Å². The monoisotopic (exact) mass is 332 g/mol. The van der Waals surface area contributed by atoms with Gasteiger partial charge < -0.3 is 14.6 Å². The summed E-state index contributed by atoms with van der Waals surface area (Å²) in [6.45, 7) is -0.407. The number of carboxylic acids is 1. The van der Waals surface area contributed by atoms with Gasteiger partial charge in [0, 0.05) is 12.7 Å².